The zero-order chi connectivity index (χ0) is 14.7. The molecule has 0 saturated heterocycles. The van der Waals surface area contributed by atoms with Crippen molar-refractivity contribution in [2.24, 2.45) is 0 Å². The summed E-state index contributed by atoms with van der Waals surface area (Å²) in [6.07, 6.45) is 5.70. The van der Waals surface area contributed by atoms with Gasteiger partial charge in [0, 0.05) is 23.7 Å². The fourth-order valence-electron chi connectivity index (χ4n) is 2.16. The molecule has 0 aliphatic rings. The Bertz CT molecular complexity index is 818. The second-order valence-electron chi connectivity index (χ2n) is 4.60. The molecule has 4 heteroatoms. The van der Waals surface area contributed by atoms with Crippen molar-refractivity contribution in [3.63, 3.8) is 0 Å². The molecule has 4 nitrogen and oxygen atoms in total. The molecular formula is C17H12N2O2. The third kappa shape index (κ3) is 2.79. The number of para-hydroxylation sites is 1. The highest BCUT2D eigenvalue weighted by Gasteiger charge is 2.02. The number of nitro benzene ring substituents is 1. The molecule has 1 heterocycles. The molecule has 0 saturated carbocycles. The Balaban J connectivity index is 1.92. The summed E-state index contributed by atoms with van der Waals surface area (Å²) >= 11 is 0. The lowest BCUT2D eigenvalue weighted by atomic mass is 10.1. The Morgan fingerprint density at radius 1 is 0.952 bits per heavy atom. The average Bonchev–Trinajstić information content (AvgIpc) is 2.53. The predicted molar refractivity (Wildman–Crippen MR) is 83.8 cm³/mol. The lowest BCUT2D eigenvalue weighted by Crippen LogP contribution is -1.86. The van der Waals surface area contributed by atoms with Crippen LogP contribution in [0.25, 0.3) is 23.1 Å². The van der Waals surface area contributed by atoms with Crippen LogP contribution >= 0.6 is 0 Å². The van der Waals surface area contributed by atoms with E-state index in [2.05, 4.69) is 4.98 Å². The van der Waals surface area contributed by atoms with Crippen LogP contribution in [0.15, 0.2) is 60.8 Å². The maximum atomic E-state index is 10.6. The highest BCUT2D eigenvalue weighted by molar-refractivity contribution is 5.90. The van der Waals surface area contributed by atoms with Gasteiger partial charge in [-0.15, -0.1) is 0 Å². The number of rotatable bonds is 3. The number of fused-ring (bicyclic) bond motifs is 1. The van der Waals surface area contributed by atoms with Gasteiger partial charge in [-0.25, -0.2) is 0 Å². The Labute approximate surface area is 121 Å². The molecule has 3 rings (SSSR count). The number of pyridine rings is 1. The number of benzene rings is 2. The lowest BCUT2D eigenvalue weighted by molar-refractivity contribution is -0.384. The van der Waals surface area contributed by atoms with E-state index in [9.17, 15) is 10.1 Å². The summed E-state index contributed by atoms with van der Waals surface area (Å²) in [6, 6.07) is 16.4. The second kappa shape index (κ2) is 5.54. The van der Waals surface area contributed by atoms with Crippen LogP contribution in [0.5, 0.6) is 0 Å². The van der Waals surface area contributed by atoms with E-state index in [1.807, 2.05) is 42.5 Å². The zero-order valence-electron chi connectivity index (χ0n) is 11.1. The first-order valence-electron chi connectivity index (χ1n) is 6.50. The minimum Gasteiger partial charge on any atom is -0.258 e. The van der Waals surface area contributed by atoms with Crippen molar-refractivity contribution in [1.82, 2.24) is 4.98 Å². The minimum absolute atomic E-state index is 0.0986. The van der Waals surface area contributed by atoms with E-state index in [1.165, 1.54) is 12.1 Å². The lowest BCUT2D eigenvalue weighted by Gasteiger charge is -2.01. The Morgan fingerprint density at radius 2 is 1.71 bits per heavy atom. The van der Waals surface area contributed by atoms with Gasteiger partial charge >= 0.3 is 0 Å². The van der Waals surface area contributed by atoms with E-state index in [0.29, 0.717) is 0 Å². The molecule has 0 aliphatic carbocycles. The third-order valence-electron chi connectivity index (χ3n) is 3.24. The fraction of sp³-hybridized carbons (Fsp3) is 0. The molecular weight excluding hydrogens is 264 g/mol. The van der Waals surface area contributed by atoms with Crippen LogP contribution in [-0.4, -0.2) is 9.91 Å². The number of hydrogen-bond acceptors (Lipinski definition) is 3. The fourth-order valence-corrected chi connectivity index (χ4v) is 2.16. The van der Waals surface area contributed by atoms with Gasteiger partial charge in [0.2, 0.25) is 0 Å². The highest BCUT2D eigenvalue weighted by Crippen LogP contribution is 2.19. The SMILES string of the molecule is O=[N+]([O-])c1ccc(C=Cc2ccnc3ccccc23)cc1. The number of nitro groups is 1. The first-order valence-corrected chi connectivity index (χ1v) is 6.50. The predicted octanol–water partition coefficient (Wildman–Crippen LogP) is 4.31. The molecule has 0 fully saturated rings. The van der Waals surface area contributed by atoms with Crippen LogP contribution in [0.3, 0.4) is 0 Å². The van der Waals surface area contributed by atoms with Crippen LogP contribution in [0.1, 0.15) is 11.1 Å². The Morgan fingerprint density at radius 3 is 2.48 bits per heavy atom. The van der Waals surface area contributed by atoms with Gasteiger partial charge in [0.1, 0.15) is 0 Å². The smallest absolute Gasteiger partial charge is 0.258 e. The summed E-state index contributed by atoms with van der Waals surface area (Å²) in [5.74, 6) is 0. The summed E-state index contributed by atoms with van der Waals surface area (Å²) in [5.41, 5.74) is 3.03. The summed E-state index contributed by atoms with van der Waals surface area (Å²) in [4.78, 5) is 14.5. The van der Waals surface area contributed by atoms with Crippen LogP contribution < -0.4 is 0 Å². The molecule has 2 aromatic carbocycles. The molecule has 102 valence electrons. The monoisotopic (exact) mass is 276 g/mol. The number of non-ortho nitro benzene ring substituents is 1. The van der Waals surface area contributed by atoms with E-state index in [0.717, 1.165) is 22.0 Å². The van der Waals surface area contributed by atoms with Crippen molar-refractivity contribution < 1.29 is 4.92 Å². The van der Waals surface area contributed by atoms with E-state index in [1.54, 1.807) is 18.3 Å². The largest absolute Gasteiger partial charge is 0.269 e. The number of aromatic nitrogens is 1. The molecule has 0 amide bonds. The van der Waals surface area contributed by atoms with Crippen LogP contribution in [0.4, 0.5) is 5.69 Å². The molecule has 0 radical (unpaired) electrons. The van der Waals surface area contributed by atoms with Crippen molar-refractivity contribution in [2.75, 3.05) is 0 Å². The molecule has 0 atom stereocenters. The maximum absolute atomic E-state index is 10.6. The van der Waals surface area contributed by atoms with E-state index in [4.69, 9.17) is 0 Å². The van der Waals surface area contributed by atoms with Gasteiger partial charge in [-0.3, -0.25) is 15.1 Å². The summed E-state index contributed by atoms with van der Waals surface area (Å²) < 4.78 is 0. The standard InChI is InChI=1S/C17H12N2O2/c20-19(21)15-9-6-13(7-10-15)5-8-14-11-12-18-17-4-2-1-3-16(14)17/h1-12H. The highest BCUT2D eigenvalue weighted by atomic mass is 16.6. The molecule has 0 N–H and O–H groups in total. The van der Waals surface area contributed by atoms with Crippen LogP contribution in [0, 0.1) is 10.1 Å². The van der Waals surface area contributed by atoms with Crippen molar-refractivity contribution in [3.8, 4) is 0 Å². The van der Waals surface area contributed by atoms with Crippen LogP contribution in [-0.2, 0) is 0 Å². The molecule has 0 spiro atoms. The normalized spacial score (nSPS) is 11.0. The first-order chi connectivity index (χ1) is 10.2. The molecule has 0 unspecified atom stereocenters. The van der Waals surface area contributed by atoms with Gasteiger partial charge < -0.3 is 0 Å². The van der Waals surface area contributed by atoms with Crippen molar-refractivity contribution in [1.29, 1.82) is 0 Å². The van der Waals surface area contributed by atoms with Gasteiger partial charge in [0.15, 0.2) is 0 Å². The van der Waals surface area contributed by atoms with Crippen molar-refractivity contribution in [3.05, 3.63) is 82.0 Å². The topological polar surface area (TPSA) is 56.0 Å². The third-order valence-corrected chi connectivity index (χ3v) is 3.24. The van der Waals surface area contributed by atoms with E-state index >= 15 is 0 Å². The first kappa shape index (κ1) is 13.0. The van der Waals surface area contributed by atoms with E-state index in [-0.39, 0.29) is 5.69 Å². The van der Waals surface area contributed by atoms with E-state index < -0.39 is 4.92 Å². The maximum Gasteiger partial charge on any atom is 0.269 e. The summed E-state index contributed by atoms with van der Waals surface area (Å²) in [7, 11) is 0. The number of nitrogens with zero attached hydrogens (tertiary/aromatic N) is 2. The van der Waals surface area contributed by atoms with Crippen molar-refractivity contribution >= 4 is 28.7 Å². The molecule has 1 aromatic heterocycles. The minimum atomic E-state index is -0.399. The second-order valence-corrected chi connectivity index (χ2v) is 4.60. The van der Waals surface area contributed by atoms with Crippen LogP contribution in [0.2, 0.25) is 0 Å². The number of hydrogen-bond donors (Lipinski definition) is 0. The molecule has 0 aliphatic heterocycles. The van der Waals surface area contributed by atoms with Gasteiger partial charge in [0.25, 0.3) is 5.69 Å². The van der Waals surface area contributed by atoms with Gasteiger partial charge in [0.05, 0.1) is 10.4 Å². The summed E-state index contributed by atoms with van der Waals surface area (Å²) in [6.45, 7) is 0. The Hall–Kier alpha value is -3.01. The van der Waals surface area contributed by atoms with Gasteiger partial charge in [-0.2, -0.15) is 0 Å². The average molecular weight is 276 g/mol. The Kier molecular flexibility index (Phi) is 3.43. The molecule has 3 aromatic rings. The quantitative estimate of drug-likeness (QED) is 0.529. The van der Waals surface area contributed by atoms with Gasteiger partial charge in [-0.05, 0) is 35.4 Å². The summed E-state index contributed by atoms with van der Waals surface area (Å²) in [5, 5.41) is 11.7. The molecule has 0 bridgehead atoms. The van der Waals surface area contributed by atoms with Gasteiger partial charge in [-0.1, -0.05) is 30.4 Å². The zero-order valence-corrected chi connectivity index (χ0v) is 11.1. The molecule has 21 heavy (non-hydrogen) atoms. The van der Waals surface area contributed by atoms with Crippen molar-refractivity contribution in [2.45, 2.75) is 0 Å².